The molecular formula is C16H21N3O2S. The highest BCUT2D eigenvalue weighted by atomic mass is 32.1. The molecule has 1 aromatic carbocycles. The van der Waals surface area contributed by atoms with Gasteiger partial charge in [0.15, 0.2) is 5.06 Å². The molecule has 3 rings (SSSR count). The van der Waals surface area contributed by atoms with Gasteiger partial charge in [0.25, 0.3) is 0 Å². The predicted molar refractivity (Wildman–Crippen MR) is 89.1 cm³/mol. The van der Waals surface area contributed by atoms with Crippen LogP contribution in [0, 0.1) is 6.92 Å². The van der Waals surface area contributed by atoms with Gasteiger partial charge in [-0.1, -0.05) is 23.5 Å². The lowest BCUT2D eigenvalue weighted by Crippen LogP contribution is -2.47. The molecule has 0 saturated carbocycles. The molecule has 2 heterocycles. The van der Waals surface area contributed by atoms with Crippen LogP contribution in [-0.2, 0) is 0 Å². The quantitative estimate of drug-likeness (QED) is 0.917. The number of benzene rings is 1. The summed E-state index contributed by atoms with van der Waals surface area (Å²) >= 11 is 1.55. The molecule has 0 bridgehead atoms. The smallest absolute Gasteiger partial charge is 0.196 e. The highest BCUT2D eigenvalue weighted by molar-refractivity contribution is 7.11. The maximum atomic E-state index is 9.92. The maximum Gasteiger partial charge on any atom is 0.196 e. The molecule has 1 fully saturated rings. The van der Waals surface area contributed by atoms with Gasteiger partial charge in [-0.05, 0) is 19.1 Å². The third-order valence-electron chi connectivity index (χ3n) is 3.94. The van der Waals surface area contributed by atoms with E-state index >= 15 is 0 Å². The molecule has 0 unspecified atom stereocenters. The SMILES string of the molecule is Cc1ncsc1OCCN1CCN(c2ccccc2O)CC1. The van der Waals surface area contributed by atoms with Crippen LogP contribution >= 0.6 is 11.3 Å². The molecule has 1 aliphatic heterocycles. The number of para-hydroxylation sites is 2. The zero-order valence-electron chi connectivity index (χ0n) is 12.7. The molecule has 0 amide bonds. The number of aromatic nitrogens is 1. The van der Waals surface area contributed by atoms with Crippen LogP contribution < -0.4 is 9.64 Å². The molecule has 1 saturated heterocycles. The first-order valence-corrected chi connectivity index (χ1v) is 8.40. The Kier molecular flexibility index (Phi) is 4.80. The van der Waals surface area contributed by atoms with Gasteiger partial charge in [-0.15, -0.1) is 0 Å². The number of thiazole rings is 1. The maximum absolute atomic E-state index is 9.92. The van der Waals surface area contributed by atoms with Gasteiger partial charge in [0.2, 0.25) is 0 Å². The normalized spacial score (nSPS) is 16.0. The van der Waals surface area contributed by atoms with Gasteiger partial charge >= 0.3 is 0 Å². The van der Waals surface area contributed by atoms with E-state index in [1.54, 1.807) is 17.4 Å². The highest BCUT2D eigenvalue weighted by Gasteiger charge is 2.18. The van der Waals surface area contributed by atoms with E-state index in [-0.39, 0.29) is 0 Å². The summed E-state index contributed by atoms with van der Waals surface area (Å²) in [4.78, 5) is 8.82. The fourth-order valence-electron chi connectivity index (χ4n) is 2.64. The third-order valence-corrected chi connectivity index (χ3v) is 4.78. The average Bonchev–Trinajstić information content (AvgIpc) is 2.94. The lowest BCUT2D eigenvalue weighted by molar-refractivity contribution is 0.202. The fourth-order valence-corrected chi connectivity index (χ4v) is 3.32. The molecule has 6 heteroatoms. The number of hydrogen-bond donors (Lipinski definition) is 1. The summed E-state index contributed by atoms with van der Waals surface area (Å²) in [7, 11) is 0. The molecule has 1 aromatic heterocycles. The van der Waals surface area contributed by atoms with Crippen molar-refractivity contribution in [2.45, 2.75) is 6.92 Å². The molecule has 2 aromatic rings. The summed E-state index contributed by atoms with van der Waals surface area (Å²) in [5.41, 5.74) is 3.71. The van der Waals surface area contributed by atoms with E-state index in [0.29, 0.717) is 12.4 Å². The highest BCUT2D eigenvalue weighted by Crippen LogP contribution is 2.27. The number of aromatic hydroxyl groups is 1. The van der Waals surface area contributed by atoms with E-state index in [2.05, 4.69) is 14.8 Å². The van der Waals surface area contributed by atoms with Crippen LogP contribution in [0.25, 0.3) is 0 Å². The first-order valence-electron chi connectivity index (χ1n) is 7.52. The van der Waals surface area contributed by atoms with Crippen molar-refractivity contribution in [1.82, 2.24) is 9.88 Å². The van der Waals surface area contributed by atoms with E-state index in [1.807, 2.05) is 30.6 Å². The molecule has 0 spiro atoms. The second-order valence-corrected chi connectivity index (χ2v) is 6.21. The van der Waals surface area contributed by atoms with Gasteiger partial charge in [0.1, 0.15) is 12.4 Å². The Morgan fingerprint density at radius 2 is 2.00 bits per heavy atom. The third kappa shape index (κ3) is 3.51. The van der Waals surface area contributed by atoms with Crippen molar-refractivity contribution >= 4 is 17.0 Å². The van der Waals surface area contributed by atoms with Crippen LogP contribution in [-0.4, -0.2) is 54.3 Å². The number of ether oxygens (including phenoxy) is 1. The van der Waals surface area contributed by atoms with E-state index in [9.17, 15) is 5.11 Å². The van der Waals surface area contributed by atoms with E-state index in [4.69, 9.17) is 4.74 Å². The van der Waals surface area contributed by atoms with Crippen LogP contribution in [0.1, 0.15) is 5.69 Å². The summed E-state index contributed by atoms with van der Waals surface area (Å²) in [5.74, 6) is 0.361. The molecule has 1 aliphatic rings. The second kappa shape index (κ2) is 6.98. The van der Waals surface area contributed by atoms with Gasteiger partial charge in [0.05, 0.1) is 16.9 Å². The molecular weight excluding hydrogens is 298 g/mol. The number of nitrogens with zero attached hydrogens (tertiary/aromatic N) is 3. The van der Waals surface area contributed by atoms with Crippen molar-refractivity contribution in [2.24, 2.45) is 0 Å². The minimum absolute atomic E-state index is 0.361. The Morgan fingerprint density at radius 3 is 2.68 bits per heavy atom. The number of phenolic OH excluding ortho intramolecular Hbond substituents is 1. The van der Waals surface area contributed by atoms with Gasteiger partial charge in [-0.3, -0.25) is 4.90 Å². The molecule has 1 N–H and O–H groups in total. The zero-order chi connectivity index (χ0) is 15.4. The van der Waals surface area contributed by atoms with Crippen molar-refractivity contribution in [1.29, 1.82) is 0 Å². The average molecular weight is 319 g/mol. The Labute approximate surface area is 134 Å². The van der Waals surface area contributed by atoms with Crippen molar-refractivity contribution in [3.63, 3.8) is 0 Å². The fraction of sp³-hybridized carbons (Fsp3) is 0.438. The standard InChI is InChI=1S/C16H21N3O2S/c1-13-16(22-12-17-13)21-11-10-18-6-8-19(9-7-18)14-4-2-3-5-15(14)20/h2-5,12,20H,6-11H2,1H3. The van der Waals surface area contributed by atoms with Gasteiger partial charge in [-0.2, -0.15) is 0 Å². The lowest BCUT2D eigenvalue weighted by Gasteiger charge is -2.36. The predicted octanol–water partition coefficient (Wildman–Crippen LogP) is 2.36. The second-order valence-electron chi connectivity index (χ2n) is 5.39. The minimum atomic E-state index is 0.361. The number of rotatable bonds is 5. The Hall–Kier alpha value is -1.79. The number of phenols is 1. The zero-order valence-corrected chi connectivity index (χ0v) is 13.6. The number of aryl methyl sites for hydroxylation is 1. The van der Waals surface area contributed by atoms with Crippen LogP contribution in [0.2, 0.25) is 0 Å². The van der Waals surface area contributed by atoms with Crippen LogP contribution in [0.15, 0.2) is 29.8 Å². The molecule has 0 atom stereocenters. The largest absolute Gasteiger partial charge is 0.506 e. The summed E-state index contributed by atoms with van der Waals surface area (Å²) in [5, 5.41) is 10.8. The summed E-state index contributed by atoms with van der Waals surface area (Å²) in [6.45, 7) is 7.41. The lowest BCUT2D eigenvalue weighted by atomic mass is 10.2. The number of hydrogen-bond acceptors (Lipinski definition) is 6. The topological polar surface area (TPSA) is 48.8 Å². The van der Waals surface area contributed by atoms with Crippen molar-refractivity contribution < 1.29 is 9.84 Å². The van der Waals surface area contributed by atoms with Gasteiger partial charge in [0, 0.05) is 32.7 Å². The molecule has 0 radical (unpaired) electrons. The first kappa shape index (κ1) is 15.1. The van der Waals surface area contributed by atoms with Gasteiger partial charge < -0.3 is 14.7 Å². The van der Waals surface area contributed by atoms with Crippen molar-refractivity contribution in [3.05, 3.63) is 35.5 Å². The molecule has 5 nitrogen and oxygen atoms in total. The van der Waals surface area contributed by atoms with E-state index in [0.717, 1.165) is 49.2 Å². The Bertz CT molecular complexity index is 609. The van der Waals surface area contributed by atoms with Crippen LogP contribution in [0.3, 0.4) is 0 Å². The number of anilines is 1. The summed E-state index contributed by atoms with van der Waals surface area (Å²) in [6, 6.07) is 7.54. The van der Waals surface area contributed by atoms with Crippen LogP contribution in [0.5, 0.6) is 10.8 Å². The van der Waals surface area contributed by atoms with E-state index < -0.39 is 0 Å². The number of piperazine rings is 1. The minimum Gasteiger partial charge on any atom is -0.506 e. The first-order chi connectivity index (χ1) is 10.7. The molecule has 0 aliphatic carbocycles. The van der Waals surface area contributed by atoms with Crippen molar-refractivity contribution in [2.75, 3.05) is 44.2 Å². The van der Waals surface area contributed by atoms with Gasteiger partial charge in [-0.25, -0.2) is 4.98 Å². The van der Waals surface area contributed by atoms with Crippen LogP contribution in [0.4, 0.5) is 5.69 Å². The molecule has 22 heavy (non-hydrogen) atoms. The summed E-state index contributed by atoms with van der Waals surface area (Å²) < 4.78 is 5.77. The van der Waals surface area contributed by atoms with Crippen molar-refractivity contribution in [3.8, 4) is 10.8 Å². The monoisotopic (exact) mass is 319 g/mol. The Balaban J connectivity index is 1.44. The summed E-state index contributed by atoms with van der Waals surface area (Å²) in [6.07, 6.45) is 0. The molecule has 118 valence electrons. The Morgan fingerprint density at radius 1 is 1.23 bits per heavy atom. The van der Waals surface area contributed by atoms with E-state index in [1.165, 1.54) is 0 Å².